The number of amides is 1. The molecule has 2 unspecified atom stereocenters. The number of nitrogens with one attached hydrogen (secondary N) is 1. The minimum Gasteiger partial charge on any atom is -0.480 e. The molecular weight excluding hydrogens is 270 g/mol. The maximum absolute atomic E-state index is 12.3. The number of carbonyl (C=O) groups excluding carboxylic acids is 1. The molecule has 0 spiro atoms. The van der Waals surface area contributed by atoms with Crippen LogP contribution in [0.2, 0.25) is 0 Å². The van der Waals surface area contributed by atoms with Crippen LogP contribution in [0.4, 0.5) is 0 Å². The predicted octanol–water partition coefficient (Wildman–Crippen LogP) is 1.84. The van der Waals surface area contributed by atoms with Crippen LogP contribution in [0.3, 0.4) is 0 Å². The summed E-state index contributed by atoms with van der Waals surface area (Å²) >= 11 is 0. The Morgan fingerprint density at radius 3 is 2.95 bits per heavy atom. The predicted molar refractivity (Wildman–Crippen MR) is 77.8 cm³/mol. The number of benzene rings is 1. The zero-order valence-corrected chi connectivity index (χ0v) is 11.9. The van der Waals surface area contributed by atoms with E-state index in [1.807, 2.05) is 24.3 Å². The molecule has 1 heterocycles. The highest BCUT2D eigenvalue weighted by molar-refractivity contribution is 5.87. The van der Waals surface area contributed by atoms with Crippen molar-refractivity contribution >= 4 is 11.9 Å². The summed E-state index contributed by atoms with van der Waals surface area (Å²) < 4.78 is 5.53. The van der Waals surface area contributed by atoms with Gasteiger partial charge in [-0.1, -0.05) is 36.4 Å². The van der Waals surface area contributed by atoms with Crippen LogP contribution in [0, 0.1) is 0 Å². The summed E-state index contributed by atoms with van der Waals surface area (Å²) in [7, 11) is 0. The summed E-state index contributed by atoms with van der Waals surface area (Å²) in [5.74, 6) is -1.45. The standard InChI is InChI=1S/C16H19NO4/c1-2-3-8-13(16(19)20)17-15(18)14-12-7-5-4-6-11(12)9-10-21-14/h2-7,13-14H,8-10H2,1H3,(H,17,18)(H,19,20)/b3-2+. The van der Waals surface area contributed by atoms with Gasteiger partial charge in [-0.3, -0.25) is 4.79 Å². The summed E-state index contributed by atoms with van der Waals surface area (Å²) in [4.78, 5) is 23.5. The molecule has 0 fully saturated rings. The number of hydrogen-bond donors (Lipinski definition) is 2. The van der Waals surface area contributed by atoms with Crippen LogP contribution in [0.5, 0.6) is 0 Å². The number of ether oxygens (including phenoxy) is 1. The van der Waals surface area contributed by atoms with Crippen LogP contribution in [0.25, 0.3) is 0 Å². The van der Waals surface area contributed by atoms with E-state index in [2.05, 4.69) is 5.32 Å². The summed E-state index contributed by atoms with van der Waals surface area (Å²) in [6, 6.07) is 6.65. The molecule has 0 aliphatic carbocycles. The number of carboxylic acid groups (broad SMARTS) is 1. The first-order valence-corrected chi connectivity index (χ1v) is 6.97. The molecule has 0 bridgehead atoms. The molecule has 0 radical (unpaired) electrons. The number of rotatable bonds is 5. The fourth-order valence-corrected chi connectivity index (χ4v) is 2.35. The van der Waals surface area contributed by atoms with Crippen molar-refractivity contribution < 1.29 is 19.4 Å². The maximum atomic E-state index is 12.3. The number of allylic oxidation sites excluding steroid dienone is 1. The average molecular weight is 289 g/mol. The molecule has 0 saturated heterocycles. The highest BCUT2D eigenvalue weighted by Gasteiger charge is 2.30. The Morgan fingerprint density at radius 2 is 2.24 bits per heavy atom. The van der Waals surface area contributed by atoms with Gasteiger partial charge >= 0.3 is 5.97 Å². The molecule has 112 valence electrons. The number of carbonyl (C=O) groups is 2. The highest BCUT2D eigenvalue weighted by Crippen LogP contribution is 2.27. The quantitative estimate of drug-likeness (QED) is 0.811. The monoisotopic (exact) mass is 289 g/mol. The van der Waals surface area contributed by atoms with Crippen molar-refractivity contribution in [3.63, 3.8) is 0 Å². The van der Waals surface area contributed by atoms with E-state index in [-0.39, 0.29) is 6.42 Å². The lowest BCUT2D eigenvalue weighted by molar-refractivity contribution is -0.144. The number of aliphatic carboxylic acids is 1. The third-order valence-electron chi connectivity index (χ3n) is 3.45. The van der Waals surface area contributed by atoms with Crippen molar-refractivity contribution in [2.45, 2.75) is 31.9 Å². The fourth-order valence-electron chi connectivity index (χ4n) is 2.35. The second kappa shape index (κ2) is 7.04. The second-order valence-electron chi connectivity index (χ2n) is 4.90. The lowest BCUT2D eigenvalue weighted by atomic mass is 9.97. The summed E-state index contributed by atoms with van der Waals surface area (Å²) in [5, 5.41) is 11.7. The molecule has 1 amide bonds. The van der Waals surface area contributed by atoms with Gasteiger partial charge in [-0.15, -0.1) is 0 Å². The molecular formula is C16H19NO4. The van der Waals surface area contributed by atoms with Crippen LogP contribution in [-0.2, 0) is 20.7 Å². The third-order valence-corrected chi connectivity index (χ3v) is 3.45. The lowest BCUT2D eigenvalue weighted by Crippen LogP contribution is -2.44. The minimum absolute atomic E-state index is 0.256. The van der Waals surface area contributed by atoms with Gasteiger partial charge in [-0.05, 0) is 30.9 Å². The van der Waals surface area contributed by atoms with Crippen LogP contribution < -0.4 is 5.32 Å². The van der Waals surface area contributed by atoms with E-state index in [0.717, 1.165) is 17.5 Å². The molecule has 21 heavy (non-hydrogen) atoms. The fraction of sp³-hybridized carbons (Fsp3) is 0.375. The highest BCUT2D eigenvalue weighted by atomic mass is 16.5. The number of hydrogen-bond acceptors (Lipinski definition) is 3. The lowest BCUT2D eigenvalue weighted by Gasteiger charge is -2.26. The Kier molecular flexibility index (Phi) is 5.11. The normalized spacial score (nSPS) is 19.0. The van der Waals surface area contributed by atoms with Gasteiger partial charge in [0.15, 0.2) is 6.10 Å². The molecule has 0 aromatic heterocycles. The van der Waals surface area contributed by atoms with Crippen LogP contribution in [0.15, 0.2) is 36.4 Å². The molecule has 1 aliphatic rings. The van der Waals surface area contributed by atoms with Gasteiger partial charge in [-0.2, -0.15) is 0 Å². The SMILES string of the molecule is C/C=C/CC(NC(=O)C1OCCc2ccccc21)C(=O)O. The van der Waals surface area contributed by atoms with Crippen molar-refractivity contribution in [2.75, 3.05) is 6.61 Å². The van der Waals surface area contributed by atoms with Gasteiger partial charge in [0.1, 0.15) is 6.04 Å². The summed E-state index contributed by atoms with van der Waals surface area (Å²) in [6.45, 7) is 2.27. The molecule has 1 aliphatic heterocycles. The second-order valence-corrected chi connectivity index (χ2v) is 4.90. The van der Waals surface area contributed by atoms with Crippen LogP contribution in [-0.4, -0.2) is 29.6 Å². The zero-order valence-electron chi connectivity index (χ0n) is 11.9. The Balaban J connectivity index is 2.11. The summed E-state index contributed by atoms with van der Waals surface area (Å²) in [6.07, 6.45) is 3.76. The van der Waals surface area contributed by atoms with Crippen molar-refractivity contribution in [2.24, 2.45) is 0 Å². The topological polar surface area (TPSA) is 75.6 Å². The first-order chi connectivity index (χ1) is 10.1. The smallest absolute Gasteiger partial charge is 0.326 e. The van der Waals surface area contributed by atoms with E-state index in [4.69, 9.17) is 9.84 Å². The van der Waals surface area contributed by atoms with Gasteiger partial charge in [-0.25, -0.2) is 4.79 Å². The number of carboxylic acids is 1. The van der Waals surface area contributed by atoms with E-state index in [0.29, 0.717) is 6.61 Å². The molecule has 2 N–H and O–H groups in total. The molecule has 2 atom stereocenters. The molecule has 1 aromatic carbocycles. The molecule has 5 nitrogen and oxygen atoms in total. The van der Waals surface area contributed by atoms with Crippen molar-refractivity contribution in [1.82, 2.24) is 5.32 Å². The average Bonchev–Trinajstić information content (AvgIpc) is 2.50. The largest absolute Gasteiger partial charge is 0.480 e. The number of fused-ring (bicyclic) bond motifs is 1. The van der Waals surface area contributed by atoms with E-state index >= 15 is 0 Å². The molecule has 2 rings (SSSR count). The van der Waals surface area contributed by atoms with Gasteiger partial charge < -0.3 is 15.2 Å². The van der Waals surface area contributed by atoms with Crippen LogP contribution >= 0.6 is 0 Å². The Bertz CT molecular complexity index is 553. The zero-order chi connectivity index (χ0) is 15.2. The minimum atomic E-state index is -1.05. The van der Waals surface area contributed by atoms with Crippen molar-refractivity contribution in [1.29, 1.82) is 0 Å². The molecule has 5 heteroatoms. The van der Waals surface area contributed by atoms with Gasteiger partial charge in [0, 0.05) is 0 Å². The summed E-state index contributed by atoms with van der Waals surface area (Å²) in [5.41, 5.74) is 1.89. The van der Waals surface area contributed by atoms with Gasteiger partial charge in [0.2, 0.25) is 0 Å². The van der Waals surface area contributed by atoms with E-state index in [1.54, 1.807) is 19.1 Å². The Hall–Kier alpha value is -2.14. The van der Waals surface area contributed by atoms with E-state index < -0.39 is 24.0 Å². The first kappa shape index (κ1) is 15.3. The molecule has 1 aromatic rings. The third kappa shape index (κ3) is 3.70. The van der Waals surface area contributed by atoms with Gasteiger partial charge in [0.25, 0.3) is 5.91 Å². The van der Waals surface area contributed by atoms with E-state index in [1.165, 1.54) is 0 Å². The van der Waals surface area contributed by atoms with Crippen molar-refractivity contribution in [3.05, 3.63) is 47.5 Å². The van der Waals surface area contributed by atoms with Gasteiger partial charge in [0.05, 0.1) is 6.61 Å². The van der Waals surface area contributed by atoms with E-state index in [9.17, 15) is 9.59 Å². The first-order valence-electron chi connectivity index (χ1n) is 6.97. The van der Waals surface area contributed by atoms with Crippen LogP contribution in [0.1, 0.15) is 30.6 Å². The maximum Gasteiger partial charge on any atom is 0.326 e. The Labute approximate surface area is 123 Å². The molecule has 0 saturated carbocycles. The Morgan fingerprint density at radius 1 is 1.48 bits per heavy atom. The van der Waals surface area contributed by atoms with Crippen molar-refractivity contribution in [3.8, 4) is 0 Å².